The fourth-order valence-corrected chi connectivity index (χ4v) is 8.64. The fraction of sp³-hybridized carbons (Fsp3) is 0.333. The molecule has 0 aliphatic carbocycles. The maximum atomic E-state index is 10.7. The van der Waals surface area contributed by atoms with Crippen molar-refractivity contribution in [2.24, 2.45) is 0 Å². The van der Waals surface area contributed by atoms with Crippen LogP contribution in [0.2, 0.25) is 0 Å². The van der Waals surface area contributed by atoms with Gasteiger partial charge in [-0.3, -0.25) is 0 Å². The topological polar surface area (TPSA) is 9.72 Å². The van der Waals surface area contributed by atoms with Crippen molar-refractivity contribution in [1.29, 1.82) is 0 Å². The van der Waals surface area contributed by atoms with Crippen LogP contribution < -0.4 is 31.1 Å². The van der Waals surface area contributed by atoms with Gasteiger partial charge in [0.1, 0.15) is 0 Å². The summed E-state index contributed by atoms with van der Waals surface area (Å²) in [6, 6.07) is -13.0. The zero-order valence-corrected chi connectivity index (χ0v) is 40.9. The average molecular weight is 905 g/mol. The van der Waals surface area contributed by atoms with Crippen LogP contribution in [0.5, 0.6) is 0 Å². The van der Waals surface area contributed by atoms with Crippen molar-refractivity contribution < 1.29 is 31.5 Å². The summed E-state index contributed by atoms with van der Waals surface area (Å²) in [5, 5.41) is 0. The molecule has 2 aliphatic heterocycles. The van der Waals surface area contributed by atoms with Crippen LogP contribution in [0.1, 0.15) is 168 Å². The summed E-state index contributed by atoms with van der Waals surface area (Å²) >= 11 is 0. The van der Waals surface area contributed by atoms with Crippen molar-refractivity contribution in [2.45, 2.75) is 137 Å². The third kappa shape index (κ3) is 7.99. The number of hydrogen-bond acceptors (Lipinski definition) is 3. The van der Waals surface area contributed by atoms with Crippen LogP contribution in [-0.2, 0) is 21.7 Å². The Morgan fingerprint density at radius 2 is 0.866 bits per heavy atom. The second kappa shape index (κ2) is 17.3. The number of rotatable bonds is 13. The Bertz CT molecular complexity index is 3910. The van der Waals surface area contributed by atoms with Crippen LogP contribution in [0.3, 0.4) is 0 Å². The van der Waals surface area contributed by atoms with Crippen LogP contribution in [0, 0.1) is 6.92 Å². The van der Waals surface area contributed by atoms with E-state index in [9.17, 15) is 23.3 Å². The Morgan fingerprint density at radius 1 is 0.448 bits per heavy atom. The summed E-state index contributed by atoms with van der Waals surface area (Å²) in [6.07, 6.45) is 1.45. The van der Waals surface area contributed by atoms with Gasteiger partial charge in [0.05, 0.1) is 37.2 Å². The number of nitrogens with zero attached hydrogens (tertiary/aromatic N) is 3. The Hall–Kier alpha value is -6.00. The van der Waals surface area contributed by atoms with Gasteiger partial charge < -0.3 is 14.7 Å². The van der Waals surface area contributed by atoms with Crippen LogP contribution in [0.15, 0.2) is 151 Å². The van der Waals surface area contributed by atoms with Gasteiger partial charge in [-0.05, 0) is 171 Å². The van der Waals surface area contributed by atoms with Gasteiger partial charge in [-0.25, -0.2) is 0 Å². The lowest BCUT2D eigenvalue weighted by Crippen LogP contribution is -2.61. The summed E-state index contributed by atoms with van der Waals surface area (Å²) in [5.41, 5.74) is -7.32. The molecule has 0 fully saturated rings. The molecule has 9 rings (SSSR count). The molecule has 0 spiro atoms. The average Bonchev–Trinajstić information content (AvgIpc) is 0.673. The van der Waals surface area contributed by atoms with Crippen molar-refractivity contribution in [2.75, 3.05) is 14.7 Å². The maximum absolute atomic E-state index is 10.7. The second-order valence-corrected chi connectivity index (χ2v) is 20.2. The van der Waals surface area contributed by atoms with Gasteiger partial charge in [-0.2, -0.15) is 0 Å². The molecule has 0 radical (unpaired) electrons. The van der Waals surface area contributed by atoms with Gasteiger partial charge in [-0.15, -0.1) is 0 Å². The molecule has 7 aromatic rings. The predicted octanol–water partition coefficient (Wildman–Crippen LogP) is 16.3. The predicted molar refractivity (Wildman–Crippen MR) is 293 cm³/mol. The third-order valence-electron chi connectivity index (χ3n) is 14.5. The highest BCUT2D eigenvalue weighted by Gasteiger charge is 2.45. The normalized spacial score (nSPS) is 18.4. The lowest BCUT2D eigenvalue weighted by molar-refractivity contribution is 0.504. The minimum Gasteiger partial charge on any atom is -0.311 e. The molecule has 0 aromatic heterocycles. The van der Waals surface area contributed by atoms with Crippen molar-refractivity contribution in [1.82, 2.24) is 0 Å². The van der Waals surface area contributed by atoms with Gasteiger partial charge in [0.25, 0.3) is 6.71 Å². The molecule has 342 valence electrons. The van der Waals surface area contributed by atoms with Gasteiger partial charge >= 0.3 is 0 Å². The van der Waals surface area contributed by atoms with Crippen molar-refractivity contribution >= 4 is 74.3 Å². The van der Waals surface area contributed by atoms with Crippen molar-refractivity contribution in [3.05, 3.63) is 179 Å². The Balaban J connectivity index is 1.71. The number of fused-ring (bicyclic) bond motifs is 4. The number of hydrogen-bond donors (Lipinski definition) is 0. The molecule has 2 heterocycles. The largest absolute Gasteiger partial charge is 0.311 e. The molecule has 0 saturated carbocycles. The van der Waals surface area contributed by atoms with E-state index in [1.165, 1.54) is 21.9 Å². The van der Waals surface area contributed by atoms with E-state index < -0.39 is 178 Å². The molecular weight excluding hydrogens is 810 g/mol. The molecular formula is C63H72BN3. The number of benzene rings is 7. The van der Waals surface area contributed by atoms with Crippen LogP contribution >= 0.6 is 0 Å². The number of anilines is 9. The minimum atomic E-state index is -1.54. The smallest absolute Gasteiger partial charge is 0.252 e. The molecule has 67 heavy (non-hydrogen) atoms. The lowest BCUT2D eigenvalue weighted by Gasteiger charge is -2.46. The third-order valence-corrected chi connectivity index (χ3v) is 14.5. The summed E-state index contributed by atoms with van der Waals surface area (Å²) in [5.74, 6) is 0. The summed E-state index contributed by atoms with van der Waals surface area (Å²) in [4.78, 5) is 3.26. The first-order valence-electron chi connectivity index (χ1n) is 34.8. The zero-order valence-electron chi connectivity index (χ0n) is 63.9. The summed E-state index contributed by atoms with van der Waals surface area (Å²) in [7, 11) is 0. The van der Waals surface area contributed by atoms with E-state index in [1.54, 1.807) is 48.5 Å². The number of para-hydroxylation sites is 2. The van der Waals surface area contributed by atoms with Gasteiger partial charge in [0.2, 0.25) is 0 Å². The highest BCUT2D eigenvalue weighted by molar-refractivity contribution is 7.00. The Morgan fingerprint density at radius 3 is 1.33 bits per heavy atom. The maximum Gasteiger partial charge on any atom is 0.252 e. The summed E-state index contributed by atoms with van der Waals surface area (Å²) in [6.45, 7) is 21.9. The first-order valence-corrected chi connectivity index (χ1v) is 23.3. The Kier molecular flexibility index (Phi) is 6.69. The molecule has 0 atom stereocenters. The van der Waals surface area contributed by atoms with E-state index in [4.69, 9.17) is 8.22 Å². The van der Waals surface area contributed by atoms with E-state index in [0.29, 0.717) is 31.2 Å². The highest BCUT2D eigenvalue weighted by Crippen LogP contribution is 2.50. The zero-order chi connectivity index (χ0) is 67.6. The highest BCUT2D eigenvalue weighted by atomic mass is 15.2. The second-order valence-electron chi connectivity index (χ2n) is 20.2. The molecule has 3 nitrogen and oxygen atoms in total. The van der Waals surface area contributed by atoms with Crippen LogP contribution in [0.4, 0.5) is 51.2 Å². The van der Waals surface area contributed by atoms with E-state index in [0.717, 1.165) is 4.90 Å². The van der Waals surface area contributed by atoms with Gasteiger partial charge in [-0.1, -0.05) is 162 Å². The van der Waals surface area contributed by atoms with Crippen LogP contribution in [-0.4, -0.2) is 6.71 Å². The van der Waals surface area contributed by atoms with E-state index in [2.05, 4.69) is 0 Å². The minimum absolute atomic E-state index is 0.0260. The monoisotopic (exact) mass is 905 g/mol. The molecule has 0 unspecified atom stereocenters. The lowest BCUT2D eigenvalue weighted by atomic mass is 9.33. The van der Waals surface area contributed by atoms with Crippen LogP contribution in [0.25, 0.3) is 0 Å². The SMILES string of the molecule is [2H]c1c([2H])c([2H])c(N(c2cc3c4c(c2)N(c2c([2H])c([2H])c(C(C)(C)CC)c([2H])c2[2H])c2c([2H])c(C)c(C(C)(C)CC)c([2H])c2B4c2c([2H])c(C(C)(C)CC)c([2H])c([2H])c2N3c2c([2H])c([2H])c(C(C)(C)CC)c([2H])c2[2H])c2c([2H])c([2H])c([2H])c([2H])c2[2H])c([2H])c1[2H]. The molecule has 0 amide bonds. The van der Waals surface area contributed by atoms with E-state index in [-0.39, 0.29) is 79.5 Å². The Labute approximate surface area is 436 Å². The molecule has 0 N–H and O–H groups in total. The first-order chi connectivity index (χ1) is 41.6. The molecule has 0 saturated heterocycles. The van der Waals surface area contributed by atoms with Crippen molar-refractivity contribution in [3.8, 4) is 0 Å². The van der Waals surface area contributed by atoms with Gasteiger partial charge in [0, 0.05) is 45.5 Å². The van der Waals surface area contributed by atoms with Gasteiger partial charge in [0.15, 0.2) is 0 Å². The van der Waals surface area contributed by atoms with E-state index >= 15 is 0 Å². The molecule has 4 heteroatoms. The van der Waals surface area contributed by atoms with Crippen molar-refractivity contribution in [3.63, 3.8) is 0 Å². The summed E-state index contributed by atoms with van der Waals surface area (Å²) < 4.78 is 224. The molecule has 0 bridgehead atoms. The fourth-order valence-electron chi connectivity index (χ4n) is 8.64. The quantitative estimate of drug-likeness (QED) is 0.107. The molecule has 7 aromatic carbocycles. The van der Waals surface area contributed by atoms with E-state index in [1.807, 2.05) is 41.5 Å². The first kappa shape index (κ1) is 25.9. The molecule has 2 aliphatic rings. The standard InChI is InChI=1S/C63H72BN3/c1-14-60(6,7)44-28-33-49(34-29-44)66-55-37-32-46(62(10,11)16-3)39-53(55)64-54-42-52(63(12,13)17-4)43(5)38-56(54)67(50-35-30-45(31-36-50)61(8,9)15-2)58-41-51(40-57(66)59(58)64)65(47-24-20-18-21-25-47)48-26-22-19-23-27-48/h18-42H,14-17H2,1-13H3/i18D,19D,20D,21D,22D,23D,24D,25D,26D,27D,28D,29D,30D,31D,32D,33D,34D,35D,36D,37D,38D,39D,42D.